The molecule has 0 saturated heterocycles. The van der Waals surface area contributed by atoms with Crippen LogP contribution in [0.15, 0.2) is 29.2 Å². The van der Waals surface area contributed by atoms with Crippen LogP contribution in [0.3, 0.4) is 0 Å². The van der Waals surface area contributed by atoms with Crippen LogP contribution in [0.2, 0.25) is 0 Å². The molecule has 0 spiro atoms. The number of primary amides is 1. The second-order valence-corrected chi connectivity index (χ2v) is 5.02. The molecule has 0 radical (unpaired) electrons. The number of benzene rings is 1. The van der Waals surface area contributed by atoms with Crippen molar-refractivity contribution in [3.05, 3.63) is 29.8 Å². The molecular formula is C9H9F3N2O4S. The molecule has 0 aliphatic heterocycles. The zero-order valence-corrected chi connectivity index (χ0v) is 10.1. The van der Waals surface area contributed by atoms with Crippen molar-refractivity contribution >= 4 is 15.9 Å². The molecule has 19 heavy (non-hydrogen) atoms. The first-order valence-electron chi connectivity index (χ1n) is 4.72. The van der Waals surface area contributed by atoms with Gasteiger partial charge in [-0.05, 0) is 24.3 Å². The van der Waals surface area contributed by atoms with Gasteiger partial charge < -0.3 is 5.73 Å². The number of carbonyl (C=O) groups excluding carboxylic acids is 1. The summed E-state index contributed by atoms with van der Waals surface area (Å²) < 4.78 is 58.3. The van der Waals surface area contributed by atoms with E-state index in [0.717, 1.165) is 24.3 Å². The van der Waals surface area contributed by atoms with Crippen molar-refractivity contribution in [1.29, 1.82) is 0 Å². The van der Waals surface area contributed by atoms with Crippen molar-refractivity contribution in [1.82, 2.24) is 4.89 Å². The van der Waals surface area contributed by atoms with Gasteiger partial charge in [-0.25, -0.2) is 8.42 Å². The Morgan fingerprint density at radius 1 is 1.26 bits per heavy atom. The Labute approximate surface area is 106 Å². The first kappa shape index (κ1) is 15.4. The summed E-state index contributed by atoms with van der Waals surface area (Å²) in [6.45, 7) is -1.76. The Bertz CT molecular complexity index is 554. The lowest BCUT2D eigenvalue weighted by atomic mass is 10.2. The Kier molecular flexibility index (Phi) is 4.50. The van der Waals surface area contributed by atoms with Crippen LogP contribution in [-0.4, -0.2) is 27.1 Å². The minimum atomic E-state index is -4.65. The van der Waals surface area contributed by atoms with Crippen LogP contribution in [-0.2, 0) is 14.9 Å². The van der Waals surface area contributed by atoms with Crippen LogP contribution in [0.5, 0.6) is 0 Å². The minimum absolute atomic E-state index is 0.0650. The van der Waals surface area contributed by atoms with Crippen LogP contribution < -0.4 is 10.6 Å². The van der Waals surface area contributed by atoms with Crippen LogP contribution in [0, 0.1) is 0 Å². The van der Waals surface area contributed by atoms with E-state index in [9.17, 15) is 26.4 Å². The second-order valence-electron chi connectivity index (χ2n) is 3.38. The van der Waals surface area contributed by atoms with E-state index in [1.807, 2.05) is 0 Å². The van der Waals surface area contributed by atoms with Crippen LogP contribution >= 0.6 is 0 Å². The van der Waals surface area contributed by atoms with Crippen molar-refractivity contribution in [2.75, 3.05) is 6.61 Å². The number of alkyl halides is 3. The van der Waals surface area contributed by atoms with Crippen LogP contribution in [0.25, 0.3) is 0 Å². The maximum Gasteiger partial charge on any atom is 0.413 e. The van der Waals surface area contributed by atoms with Gasteiger partial charge in [-0.2, -0.15) is 13.2 Å². The molecule has 106 valence electrons. The fraction of sp³-hybridized carbons (Fsp3) is 0.222. The standard InChI is InChI=1S/C9H9F3N2O4S/c10-9(11,12)5-18-14-19(16,17)7-3-1-6(2-4-7)8(13)15/h1-4,14H,5H2,(H2,13,15). The lowest BCUT2D eigenvalue weighted by molar-refractivity contribution is -0.181. The smallest absolute Gasteiger partial charge is 0.366 e. The van der Waals surface area contributed by atoms with Gasteiger partial charge in [0.2, 0.25) is 5.91 Å². The molecule has 1 aromatic carbocycles. The molecular weight excluding hydrogens is 289 g/mol. The highest BCUT2D eigenvalue weighted by Crippen LogP contribution is 2.15. The van der Waals surface area contributed by atoms with E-state index in [4.69, 9.17) is 5.73 Å². The number of halogens is 3. The largest absolute Gasteiger partial charge is 0.413 e. The lowest BCUT2D eigenvalue weighted by Crippen LogP contribution is -2.29. The zero-order valence-electron chi connectivity index (χ0n) is 9.27. The highest BCUT2D eigenvalue weighted by Gasteiger charge is 2.29. The Balaban J connectivity index is 2.75. The summed E-state index contributed by atoms with van der Waals surface area (Å²) in [4.78, 5) is 15.5. The molecule has 0 fully saturated rings. The number of hydrogen-bond acceptors (Lipinski definition) is 4. The molecule has 6 nitrogen and oxygen atoms in total. The van der Waals surface area contributed by atoms with Gasteiger partial charge in [0.25, 0.3) is 10.0 Å². The van der Waals surface area contributed by atoms with E-state index in [0.29, 0.717) is 0 Å². The predicted molar refractivity (Wildman–Crippen MR) is 57.3 cm³/mol. The molecule has 1 amide bonds. The molecule has 10 heteroatoms. The van der Waals surface area contributed by atoms with Crippen molar-refractivity contribution in [2.24, 2.45) is 5.73 Å². The second kappa shape index (κ2) is 5.55. The van der Waals surface area contributed by atoms with Crippen molar-refractivity contribution in [3.63, 3.8) is 0 Å². The SMILES string of the molecule is NC(=O)c1ccc(S(=O)(=O)NOCC(F)(F)F)cc1. The number of carbonyl (C=O) groups is 1. The van der Waals surface area contributed by atoms with Gasteiger partial charge in [0.1, 0.15) is 0 Å². The predicted octanol–water partition coefficient (Wildman–Crippen LogP) is 0.558. The number of sulfonamides is 1. The molecule has 3 N–H and O–H groups in total. The van der Waals surface area contributed by atoms with Crippen LogP contribution in [0.1, 0.15) is 10.4 Å². The van der Waals surface area contributed by atoms with Gasteiger partial charge in [0.15, 0.2) is 6.61 Å². The summed E-state index contributed by atoms with van der Waals surface area (Å²) in [6, 6.07) is 4.28. The maximum absolute atomic E-state index is 11.8. The minimum Gasteiger partial charge on any atom is -0.366 e. The highest BCUT2D eigenvalue weighted by molar-refractivity contribution is 7.89. The van der Waals surface area contributed by atoms with E-state index in [2.05, 4.69) is 4.84 Å². The van der Waals surface area contributed by atoms with E-state index < -0.39 is 28.7 Å². The summed E-state index contributed by atoms with van der Waals surface area (Å²) in [7, 11) is -4.25. The normalized spacial score (nSPS) is 12.4. The average Bonchev–Trinajstić information content (AvgIpc) is 2.27. The molecule has 0 saturated carbocycles. The summed E-state index contributed by atoms with van der Waals surface area (Å²) in [5, 5.41) is 0. The van der Waals surface area contributed by atoms with Gasteiger partial charge in [0, 0.05) is 5.56 Å². The van der Waals surface area contributed by atoms with Gasteiger partial charge >= 0.3 is 6.18 Å². The van der Waals surface area contributed by atoms with E-state index in [-0.39, 0.29) is 10.5 Å². The first-order valence-corrected chi connectivity index (χ1v) is 6.20. The maximum atomic E-state index is 11.8. The molecule has 1 aromatic rings. The molecule has 0 aliphatic carbocycles. The van der Waals surface area contributed by atoms with E-state index in [1.165, 1.54) is 4.89 Å². The topological polar surface area (TPSA) is 98.5 Å². The van der Waals surface area contributed by atoms with Gasteiger partial charge in [-0.1, -0.05) is 4.89 Å². The summed E-state index contributed by atoms with van der Waals surface area (Å²) in [6.07, 6.45) is -4.65. The van der Waals surface area contributed by atoms with E-state index >= 15 is 0 Å². The average molecular weight is 298 g/mol. The van der Waals surface area contributed by atoms with Crippen molar-refractivity contribution in [2.45, 2.75) is 11.1 Å². The molecule has 0 heterocycles. The number of nitrogens with two attached hydrogens (primary N) is 1. The van der Waals surface area contributed by atoms with Crippen molar-refractivity contribution < 1.29 is 31.2 Å². The quantitative estimate of drug-likeness (QED) is 0.776. The fourth-order valence-electron chi connectivity index (χ4n) is 1.04. The zero-order chi connectivity index (χ0) is 14.7. The number of hydrogen-bond donors (Lipinski definition) is 2. The molecule has 0 atom stereocenters. The lowest BCUT2D eigenvalue weighted by Gasteiger charge is -2.09. The Hall–Kier alpha value is -1.65. The third-order valence-corrected chi connectivity index (χ3v) is 3.08. The van der Waals surface area contributed by atoms with E-state index in [1.54, 1.807) is 0 Å². The summed E-state index contributed by atoms with van der Waals surface area (Å²) in [5.41, 5.74) is 5.01. The third-order valence-electron chi connectivity index (χ3n) is 1.85. The fourth-order valence-corrected chi connectivity index (χ4v) is 1.84. The highest BCUT2D eigenvalue weighted by atomic mass is 32.2. The first-order chi connectivity index (χ1) is 8.62. The van der Waals surface area contributed by atoms with Crippen LogP contribution in [0.4, 0.5) is 13.2 Å². The Morgan fingerprint density at radius 2 is 1.79 bits per heavy atom. The van der Waals surface area contributed by atoms with Gasteiger partial charge in [0.05, 0.1) is 4.90 Å². The summed E-state index contributed by atoms with van der Waals surface area (Å²) in [5.74, 6) is -0.759. The number of rotatable bonds is 5. The molecule has 0 bridgehead atoms. The molecule has 1 rings (SSSR count). The molecule has 0 aliphatic rings. The van der Waals surface area contributed by atoms with Gasteiger partial charge in [-0.3, -0.25) is 9.63 Å². The van der Waals surface area contributed by atoms with Gasteiger partial charge in [-0.15, -0.1) is 0 Å². The summed E-state index contributed by atoms with van der Waals surface area (Å²) >= 11 is 0. The monoisotopic (exact) mass is 298 g/mol. The number of nitrogens with one attached hydrogen (secondary N) is 1. The molecule has 0 aromatic heterocycles. The van der Waals surface area contributed by atoms with Crippen molar-refractivity contribution in [3.8, 4) is 0 Å². The third kappa shape index (κ3) is 4.85. The Morgan fingerprint density at radius 3 is 2.21 bits per heavy atom. The number of amides is 1. The molecule has 0 unspecified atom stereocenters.